The average molecular weight is 324 g/mol. The zero-order valence-corrected chi connectivity index (χ0v) is 14.5. The van der Waals surface area contributed by atoms with Crippen molar-refractivity contribution in [1.82, 2.24) is 14.8 Å². The molecule has 1 N–H and O–H groups in total. The lowest BCUT2D eigenvalue weighted by molar-refractivity contribution is -0.135. The third-order valence-electron chi connectivity index (χ3n) is 3.94. The summed E-state index contributed by atoms with van der Waals surface area (Å²) in [5.41, 5.74) is 0.954. The van der Waals surface area contributed by atoms with Gasteiger partial charge in [-0.2, -0.15) is 0 Å². The van der Waals surface area contributed by atoms with Gasteiger partial charge in [-0.25, -0.2) is 4.98 Å². The normalized spacial score (nSPS) is 19.0. The molecule has 0 bridgehead atoms. The standard InChI is InChI=1S/C15H24N4O2S/c1-10-11(2)22-15(16-10)17-13(20)9-19-7-5-6-12(8-19)14(21)18(3)4/h12H,5-9H2,1-4H3,(H,16,17,20). The van der Waals surface area contributed by atoms with Crippen LogP contribution in [0.25, 0.3) is 0 Å². The zero-order chi connectivity index (χ0) is 16.3. The molecule has 0 saturated carbocycles. The zero-order valence-electron chi connectivity index (χ0n) is 13.7. The lowest BCUT2D eigenvalue weighted by Gasteiger charge is -2.32. The van der Waals surface area contributed by atoms with Gasteiger partial charge in [-0.1, -0.05) is 0 Å². The van der Waals surface area contributed by atoms with Crippen molar-refractivity contribution in [3.63, 3.8) is 0 Å². The number of nitrogens with zero attached hydrogens (tertiary/aromatic N) is 3. The molecule has 22 heavy (non-hydrogen) atoms. The molecule has 1 aliphatic rings. The van der Waals surface area contributed by atoms with Crippen LogP contribution in [0.1, 0.15) is 23.4 Å². The van der Waals surface area contributed by atoms with Crippen LogP contribution < -0.4 is 5.32 Å². The molecule has 2 rings (SSSR count). The number of hydrogen-bond acceptors (Lipinski definition) is 5. The van der Waals surface area contributed by atoms with E-state index in [0.717, 1.165) is 30.0 Å². The maximum atomic E-state index is 12.1. The van der Waals surface area contributed by atoms with E-state index in [1.165, 1.54) is 11.3 Å². The van der Waals surface area contributed by atoms with Crippen LogP contribution in [0.15, 0.2) is 0 Å². The number of amides is 2. The molecule has 0 spiro atoms. The molecule has 0 aliphatic carbocycles. The number of thiazole rings is 1. The molecule has 1 fully saturated rings. The highest BCUT2D eigenvalue weighted by Crippen LogP contribution is 2.21. The van der Waals surface area contributed by atoms with Gasteiger partial charge in [-0.3, -0.25) is 14.5 Å². The Morgan fingerprint density at radius 2 is 2.14 bits per heavy atom. The van der Waals surface area contributed by atoms with Crippen molar-refractivity contribution in [3.05, 3.63) is 10.6 Å². The predicted molar refractivity (Wildman–Crippen MR) is 88.1 cm³/mol. The lowest BCUT2D eigenvalue weighted by Crippen LogP contribution is -2.45. The minimum absolute atomic E-state index is 0.000835. The van der Waals surface area contributed by atoms with E-state index in [1.807, 2.05) is 13.8 Å². The van der Waals surface area contributed by atoms with E-state index in [2.05, 4.69) is 15.2 Å². The summed E-state index contributed by atoms with van der Waals surface area (Å²) in [5, 5.41) is 3.50. The Kier molecular flexibility index (Phi) is 5.52. The Labute approximate surface area is 135 Å². The summed E-state index contributed by atoms with van der Waals surface area (Å²) in [6.45, 7) is 5.75. The molecule has 1 aromatic rings. The first-order chi connectivity index (χ1) is 10.4. The summed E-state index contributed by atoms with van der Waals surface area (Å²) in [6.07, 6.45) is 1.85. The summed E-state index contributed by atoms with van der Waals surface area (Å²) in [4.78, 5) is 33.3. The van der Waals surface area contributed by atoms with Gasteiger partial charge < -0.3 is 10.2 Å². The Hall–Kier alpha value is -1.47. The summed E-state index contributed by atoms with van der Waals surface area (Å²) >= 11 is 1.49. The number of nitrogens with one attached hydrogen (secondary N) is 1. The van der Waals surface area contributed by atoms with Crippen LogP contribution in [-0.2, 0) is 9.59 Å². The van der Waals surface area contributed by atoms with Crippen LogP contribution in [0.2, 0.25) is 0 Å². The van der Waals surface area contributed by atoms with Gasteiger partial charge in [-0.05, 0) is 33.2 Å². The van der Waals surface area contributed by atoms with Crippen LogP contribution in [0.3, 0.4) is 0 Å². The molecule has 0 aromatic carbocycles. The van der Waals surface area contributed by atoms with E-state index >= 15 is 0 Å². The quantitative estimate of drug-likeness (QED) is 0.911. The Morgan fingerprint density at radius 1 is 1.41 bits per heavy atom. The third-order valence-corrected chi connectivity index (χ3v) is 4.93. The first-order valence-corrected chi connectivity index (χ1v) is 8.36. The fraction of sp³-hybridized carbons (Fsp3) is 0.667. The number of piperidine rings is 1. The Morgan fingerprint density at radius 3 is 2.73 bits per heavy atom. The lowest BCUT2D eigenvalue weighted by atomic mass is 9.97. The van der Waals surface area contributed by atoms with Crippen molar-refractivity contribution in [2.45, 2.75) is 26.7 Å². The largest absolute Gasteiger partial charge is 0.349 e. The molecule has 1 unspecified atom stereocenters. The van der Waals surface area contributed by atoms with E-state index in [9.17, 15) is 9.59 Å². The minimum Gasteiger partial charge on any atom is -0.349 e. The second-order valence-electron chi connectivity index (χ2n) is 6.02. The molecule has 122 valence electrons. The van der Waals surface area contributed by atoms with E-state index in [1.54, 1.807) is 19.0 Å². The monoisotopic (exact) mass is 324 g/mol. The molecular formula is C15H24N4O2S. The molecule has 1 aliphatic heterocycles. The van der Waals surface area contributed by atoms with Crippen LogP contribution in [0.4, 0.5) is 5.13 Å². The number of hydrogen-bond donors (Lipinski definition) is 1. The van der Waals surface area contributed by atoms with Crippen molar-refractivity contribution >= 4 is 28.3 Å². The predicted octanol–water partition coefficient (Wildman–Crippen LogP) is 1.50. The molecule has 0 radical (unpaired) electrons. The highest BCUT2D eigenvalue weighted by molar-refractivity contribution is 7.15. The van der Waals surface area contributed by atoms with Crippen LogP contribution in [0.5, 0.6) is 0 Å². The maximum Gasteiger partial charge on any atom is 0.240 e. The topological polar surface area (TPSA) is 65.5 Å². The van der Waals surface area contributed by atoms with Crippen LogP contribution >= 0.6 is 11.3 Å². The highest BCUT2D eigenvalue weighted by atomic mass is 32.1. The van der Waals surface area contributed by atoms with Crippen molar-refractivity contribution in [2.75, 3.05) is 39.0 Å². The Balaban J connectivity index is 1.87. The van der Waals surface area contributed by atoms with Gasteiger partial charge in [0.15, 0.2) is 5.13 Å². The molecule has 1 saturated heterocycles. The van der Waals surface area contributed by atoms with Gasteiger partial charge in [0.2, 0.25) is 11.8 Å². The molecule has 2 amide bonds. The van der Waals surface area contributed by atoms with Crippen molar-refractivity contribution in [1.29, 1.82) is 0 Å². The fourth-order valence-corrected chi connectivity index (χ4v) is 3.48. The summed E-state index contributed by atoms with van der Waals surface area (Å²) in [5.74, 6) is 0.0869. The maximum absolute atomic E-state index is 12.1. The number of carbonyl (C=O) groups excluding carboxylic acids is 2. The number of rotatable bonds is 4. The van der Waals surface area contributed by atoms with Crippen LogP contribution in [-0.4, -0.2) is 60.3 Å². The van der Waals surface area contributed by atoms with E-state index in [-0.39, 0.29) is 17.7 Å². The molecular weight excluding hydrogens is 300 g/mol. The van der Waals surface area contributed by atoms with Crippen molar-refractivity contribution in [2.24, 2.45) is 5.92 Å². The second-order valence-corrected chi connectivity index (χ2v) is 7.22. The van der Waals surface area contributed by atoms with Gasteiger partial charge in [0.1, 0.15) is 0 Å². The summed E-state index contributed by atoms with van der Waals surface area (Å²) in [6, 6.07) is 0. The first-order valence-electron chi connectivity index (χ1n) is 7.54. The van der Waals surface area contributed by atoms with Gasteiger partial charge in [0, 0.05) is 25.5 Å². The van der Waals surface area contributed by atoms with Gasteiger partial charge in [0.05, 0.1) is 18.2 Å². The third kappa shape index (κ3) is 4.27. The molecule has 6 nitrogen and oxygen atoms in total. The fourth-order valence-electron chi connectivity index (χ4n) is 2.65. The number of aromatic nitrogens is 1. The van der Waals surface area contributed by atoms with Gasteiger partial charge >= 0.3 is 0 Å². The number of carbonyl (C=O) groups is 2. The summed E-state index contributed by atoms with van der Waals surface area (Å²) < 4.78 is 0. The minimum atomic E-state index is -0.0632. The van der Waals surface area contributed by atoms with Gasteiger partial charge in [0.25, 0.3) is 0 Å². The van der Waals surface area contributed by atoms with Crippen LogP contribution in [0, 0.1) is 19.8 Å². The summed E-state index contributed by atoms with van der Waals surface area (Å²) in [7, 11) is 3.56. The first kappa shape index (κ1) is 16.9. The van der Waals surface area contributed by atoms with E-state index < -0.39 is 0 Å². The molecule has 7 heteroatoms. The molecule has 2 heterocycles. The molecule has 1 aromatic heterocycles. The number of likely N-dealkylation sites (tertiary alicyclic amines) is 1. The van der Waals surface area contributed by atoms with Crippen molar-refractivity contribution in [3.8, 4) is 0 Å². The Bertz CT molecular complexity index is 536. The SMILES string of the molecule is Cc1nc(NC(=O)CN2CCCC(C(=O)N(C)C)C2)sc1C. The smallest absolute Gasteiger partial charge is 0.240 e. The average Bonchev–Trinajstić information content (AvgIpc) is 2.76. The van der Waals surface area contributed by atoms with E-state index in [4.69, 9.17) is 0 Å². The second kappa shape index (κ2) is 7.19. The van der Waals surface area contributed by atoms with Crippen molar-refractivity contribution < 1.29 is 9.59 Å². The van der Waals surface area contributed by atoms with E-state index in [0.29, 0.717) is 18.2 Å². The number of aryl methyl sites for hydroxylation is 2. The highest BCUT2D eigenvalue weighted by Gasteiger charge is 2.27. The number of anilines is 1. The van der Waals surface area contributed by atoms with Gasteiger partial charge in [-0.15, -0.1) is 11.3 Å². The molecule has 1 atom stereocenters.